The average Bonchev–Trinajstić information content (AvgIpc) is 2.29. The number of benzene rings is 1. The molecule has 0 spiro atoms. The minimum absolute atomic E-state index is 0.109. The van der Waals surface area contributed by atoms with Gasteiger partial charge in [0.2, 0.25) is 10.0 Å². The molecular formula is C10H15BrN2O5S2. The smallest absolute Gasteiger partial charge is 0.244 e. The number of nitrogen functional groups attached to an aromatic ring is 1. The van der Waals surface area contributed by atoms with Gasteiger partial charge in [0.1, 0.15) is 20.5 Å². The molecular weight excluding hydrogens is 372 g/mol. The van der Waals surface area contributed by atoms with E-state index in [4.69, 9.17) is 10.5 Å². The van der Waals surface area contributed by atoms with E-state index in [1.807, 2.05) is 0 Å². The highest BCUT2D eigenvalue weighted by Gasteiger charge is 2.21. The predicted molar refractivity (Wildman–Crippen MR) is 80.0 cm³/mol. The molecule has 0 saturated heterocycles. The van der Waals surface area contributed by atoms with Gasteiger partial charge in [-0.3, -0.25) is 0 Å². The van der Waals surface area contributed by atoms with E-state index in [9.17, 15) is 16.8 Å². The van der Waals surface area contributed by atoms with Crippen molar-refractivity contribution in [1.29, 1.82) is 0 Å². The van der Waals surface area contributed by atoms with Crippen molar-refractivity contribution in [3.05, 3.63) is 16.6 Å². The lowest BCUT2D eigenvalue weighted by Gasteiger charge is -2.12. The normalized spacial score (nSPS) is 12.3. The molecule has 0 saturated carbocycles. The summed E-state index contributed by atoms with van der Waals surface area (Å²) in [7, 11) is -5.83. The highest BCUT2D eigenvalue weighted by atomic mass is 79.9. The lowest BCUT2D eigenvalue weighted by Crippen LogP contribution is -2.29. The van der Waals surface area contributed by atoms with Crippen LogP contribution in [0.15, 0.2) is 21.5 Å². The molecule has 0 fully saturated rings. The van der Waals surface area contributed by atoms with Crippen molar-refractivity contribution < 1.29 is 21.6 Å². The zero-order valence-electron chi connectivity index (χ0n) is 10.9. The molecule has 0 aliphatic heterocycles. The van der Waals surface area contributed by atoms with Crippen LogP contribution in [0.4, 0.5) is 5.69 Å². The van der Waals surface area contributed by atoms with E-state index < -0.39 is 19.9 Å². The molecule has 0 bridgehead atoms. The van der Waals surface area contributed by atoms with Crippen molar-refractivity contribution in [3.63, 3.8) is 0 Å². The van der Waals surface area contributed by atoms with Gasteiger partial charge >= 0.3 is 0 Å². The van der Waals surface area contributed by atoms with Gasteiger partial charge in [0.05, 0.1) is 12.9 Å². The molecule has 20 heavy (non-hydrogen) atoms. The van der Waals surface area contributed by atoms with Crippen LogP contribution in [0.5, 0.6) is 5.75 Å². The Kier molecular flexibility index (Phi) is 5.41. The zero-order chi connectivity index (χ0) is 15.6. The third-order valence-corrected chi connectivity index (χ3v) is 5.45. The Bertz CT molecular complexity index is 701. The first-order valence-corrected chi connectivity index (χ1v) is 9.71. The number of sulfonamides is 1. The van der Waals surface area contributed by atoms with Gasteiger partial charge in [-0.05, 0) is 28.1 Å². The Morgan fingerprint density at radius 1 is 1.30 bits per heavy atom. The highest BCUT2D eigenvalue weighted by molar-refractivity contribution is 9.10. The van der Waals surface area contributed by atoms with Crippen molar-refractivity contribution in [2.45, 2.75) is 4.90 Å². The summed E-state index contributed by atoms with van der Waals surface area (Å²) in [4.78, 5) is -0.144. The number of sulfone groups is 1. The van der Waals surface area contributed by atoms with E-state index in [-0.39, 0.29) is 28.6 Å². The maximum absolute atomic E-state index is 12.1. The molecule has 3 N–H and O–H groups in total. The topological polar surface area (TPSA) is 116 Å². The molecule has 0 amide bonds. The molecule has 0 radical (unpaired) electrons. The first kappa shape index (κ1) is 17.2. The third kappa shape index (κ3) is 4.62. The molecule has 0 aliphatic rings. The van der Waals surface area contributed by atoms with Crippen molar-refractivity contribution >= 4 is 41.5 Å². The van der Waals surface area contributed by atoms with E-state index in [1.54, 1.807) is 0 Å². The minimum Gasteiger partial charge on any atom is -0.495 e. The van der Waals surface area contributed by atoms with Crippen molar-refractivity contribution in [2.24, 2.45) is 0 Å². The summed E-state index contributed by atoms with van der Waals surface area (Å²) in [6.07, 6.45) is 1.03. The molecule has 1 aromatic carbocycles. The number of nitrogens with two attached hydrogens (primary N) is 1. The van der Waals surface area contributed by atoms with Gasteiger partial charge in [0.15, 0.2) is 0 Å². The fourth-order valence-corrected chi connectivity index (χ4v) is 3.50. The van der Waals surface area contributed by atoms with Crippen LogP contribution >= 0.6 is 15.9 Å². The van der Waals surface area contributed by atoms with E-state index in [2.05, 4.69) is 20.7 Å². The van der Waals surface area contributed by atoms with Crippen LogP contribution in [-0.4, -0.2) is 42.5 Å². The first-order valence-electron chi connectivity index (χ1n) is 5.37. The monoisotopic (exact) mass is 386 g/mol. The molecule has 0 heterocycles. The number of nitrogens with one attached hydrogen (secondary N) is 1. The van der Waals surface area contributed by atoms with Crippen LogP contribution in [0, 0.1) is 0 Å². The zero-order valence-corrected chi connectivity index (χ0v) is 14.1. The van der Waals surface area contributed by atoms with Gasteiger partial charge in [0.25, 0.3) is 0 Å². The van der Waals surface area contributed by atoms with E-state index in [0.717, 1.165) is 6.26 Å². The average molecular weight is 387 g/mol. The molecule has 0 atom stereocenters. The quantitative estimate of drug-likeness (QED) is 0.682. The lowest BCUT2D eigenvalue weighted by atomic mass is 10.3. The number of hydrogen-bond donors (Lipinski definition) is 2. The van der Waals surface area contributed by atoms with Crippen LogP contribution in [0.3, 0.4) is 0 Å². The molecule has 10 heteroatoms. The van der Waals surface area contributed by atoms with Gasteiger partial charge in [-0.15, -0.1) is 0 Å². The number of hydrogen-bond acceptors (Lipinski definition) is 6. The fraction of sp³-hybridized carbons (Fsp3) is 0.400. The second-order valence-electron chi connectivity index (χ2n) is 4.05. The molecule has 114 valence electrons. The SMILES string of the molecule is COc1cc(Br)c(N)cc1S(=O)(=O)NCCS(C)(=O)=O. The van der Waals surface area contributed by atoms with E-state index in [0.29, 0.717) is 4.47 Å². The molecule has 0 aromatic heterocycles. The second kappa shape index (κ2) is 6.29. The van der Waals surface area contributed by atoms with Gasteiger partial charge in [0, 0.05) is 23.0 Å². The summed E-state index contributed by atoms with van der Waals surface area (Å²) < 4.78 is 53.9. The Balaban J connectivity index is 3.06. The van der Waals surface area contributed by atoms with Gasteiger partial charge < -0.3 is 10.5 Å². The largest absolute Gasteiger partial charge is 0.495 e. The summed E-state index contributed by atoms with van der Waals surface area (Å²) in [6.45, 7) is -0.222. The number of ether oxygens (including phenoxy) is 1. The molecule has 0 aliphatic carbocycles. The van der Waals surface area contributed by atoms with Crippen LogP contribution in [0.25, 0.3) is 0 Å². The number of anilines is 1. The summed E-state index contributed by atoms with van der Waals surface area (Å²) >= 11 is 3.17. The van der Waals surface area contributed by atoms with Crippen LogP contribution in [0.1, 0.15) is 0 Å². The minimum atomic E-state index is -3.90. The van der Waals surface area contributed by atoms with Crippen molar-refractivity contribution in [2.75, 3.05) is 31.4 Å². The molecule has 1 rings (SSSR count). The van der Waals surface area contributed by atoms with E-state index in [1.165, 1.54) is 19.2 Å². The maximum atomic E-state index is 12.1. The van der Waals surface area contributed by atoms with Gasteiger partial charge in [-0.25, -0.2) is 21.6 Å². The van der Waals surface area contributed by atoms with Crippen LogP contribution in [-0.2, 0) is 19.9 Å². The molecule has 7 nitrogen and oxygen atoms in total. The summed E-state index contributed by atoms with van der Waals surface area (Å²) in [5.74, 6) is -0.182. The standard InChI is InChI=1S/C10H15BrN2O5S2/c1-18-9-5-7(11)8(12)6-10(9)20(16,17)13-3-4-19(2,14)15/h5-6,13H,3-4,12H2,1-2H3. The van der Waals surface area contributed by atoms with Crippen LogP contribution < -0.4 is 15.2 Å². The Labute approximate surface area is 126 Å². The second-order valence-corrected chi connectivity index (χ2v) is 8.90. The summed E-state index contributed by atoms with van der Waals surface area (Å²) in [5, 5.41) is 0. The molecule has 1 aromatic rings. The maximum Gasteiger partial charge on any atom is 0.244 e. The van der Waals surface area contributed by atoms with Crippen molar-refractivity contribution in [1.82, 2.24) is 4.72 Å². The number of halogens is 1. The Morgan fingerprint density at radius 3 is 2.40 bits per heavy atom. The Morgan fingerprint density at radius 2 is 1.90 bits per heavy atom. The van der Waals surface area contributed by atoms with Gasteiger partial charge in [-0.1, -0.05) is 0 Å². The highest BCUT2D eigenvalue weighted by Crippen LogP contribution is 2.32. The summed E-state index contributed by atoms with van der Waals surface area (Å²) in [5.41, 5.74) is 5.88. The number of rotatable bonds is 6. The van der Waals surface area contributed by atoms with E-state index >= 15 is 0 Å². The van der Waals surface area contributed by atoms with Crippen molar-refractivity contribution in [3.8, 4) is 5.75 Å². The molecule has 0 unspecified atom stereocenters. The Hall–Kier alpha value is -0.840. The lowest BCUT2D eigenvalue weighted by molar-refractivity contribution is 0.402. The predicted octanol–water partition coefficient (Wildman–Crippen LogP) is 0.363. The fourth-order valence-electron chi connectivity index (χ4n) is 1.36. The van der Waals surface area contributed by atoms with Gasteiger partial charge in [-0.2, -0.15) is 0 Å². The number of methoxy groups -OCH3 is 1. The first-order chi connectivity index (χ1) is 9.07. The van der Waals surface area contributed by atoms with Crippen LogP contribution in [0.2, 0.25) is 0 Å². The third-order valence-electron chi connectivity index (χ3n) is 2.34. The summed E-state index contributed by atoms with van der Waals surface area (Å²) in [6, 6.07) is 2.67.